The van der Waals surface area contributed by atoms with Crippen molar-refractivity contribution in [3.8, 4) is 0 Å². The van der Waals surface area contributed by atoms with Gasteiger partial charge in [0.25, 0.3) is 0 Å². The van der Waals surface area contributed by atoms with Gasteiger partial charge in [0.1, 0.15) is 5.54 Å². The number of hydrogen-bond donors (Lipinski definition) is 2. The molecule has 0 aromatic heterocycles. The molecule has 4 heteroatoms. The monoisotopic (exact) mass is 254 g/mol. The number of aliphatic carboxylic acids is 1. The van der Waals surface area contributed by atoms with E-state index < -0.39 is 11.5 Å². The standard InChI is InChI=1S/C14H26N2O2/c1-10(2)16(9-11-5-6-11)12-4-3-7-14(15,8-12)13(17)18/h10-12H,3-9,15H2,1-2H3,(H,17,18). The molecular formula is C14H26N2O2. The van der Waals surface area contributed by atoms with Crippen LogP contribution in [0.25, 0.3) is 0 Å². The second-order valence-corrected chi connectivity index (χ2v) is 6.45. The van der Waals surface area contributed by atoms with Gasteiger partial charge in [0.15, 0.2) is 0 Å². The van der Waals surface area contributed by atoms with Gasteiger partial charge in [0.2, 0.25) is 0 Å². The highest BCUT2D eigenvalue weighted by Gasteiger charge is 2.42. The van der Waals surface area contributed by atoms with Crippen LogP contribution in [0.1, 0.15) is 52.4 Å². The Morgan fingerprint density at radius 1 is 1.44 bits per heavy atom. The molecule has 2 saturated carbocycles. The summed E-state index contributed by atoms with van der Waals surface area (Å²) in [5, 5.41) is 9.29. The average Bonchev–Trinajstić information content (AvgIpc) is 3.09. The van der Waals surface area contributed by atoms with Crippen LogP contribution >= 0.6 is 0 Å². The van der Waals surface area contributed by atoms with Gasteiger partial charge in [-0.15, -0.1) is 0 Å². The maximum Gasteiger partial charge on any atom is 0.323 e. The quantitative estimate of drug-likeness (QED) is 0.785. The van der Waals surface area contributed by atoms with Crippen LogP contribution in [-0.2, 0) is 4.79 Å². The second-order valence-electron chi connectivity index (χ2n) is 6.45. The van der Waals surface area contributed by atoms with Crippen molar-refractivity contribution in [3.63, 3.8) is 0 Å². The van der Waals surface area contributed by atoms with Crippen molar-refractivity contribution in [2.45, 2.75) is 70.0 Å². The highest BCUT2D eigenvalue weighted by molar-refractivity contribution is 5.78. The molecule has 0 saturated heterocycles. The molecule has 0 amide bonds. The summed E-state index contributed by atoms with van der Waals surface area (Å²) in [6, 6.07) is 0.826. The summed E-state index contributed by atoms with van der Waals surface area (Å²) in [4.78, 5) is 13.8. The van der Waals surface area contributed by atoms with Gasteiger partial charge in [-0.1, -0.05) is 0 Å². The minimum absolute atomic E-state index is 0.348. The van der Waals surface area contributed by atoms with E-state index in [0.717, 1.165) is 25.3 Å². The molecule has 0 spiro atoms. The van der Waals surface area contributed by atoms with Crippen LogP contribution in [0.2, 0.25) is 0 Å². The lowest BCUT2D eigenvalue weighted by Gasteiger charge is -2.42. The molecule has 4 nitrogen and oxygen atoms in total. The largest absolute Gasteiger partial charge is 0.480 e. The Balaban J connectivity index is 2.02. The fourth-order valence-electron chi connectivity index (χ4n) is 3.14. The van der Waals surface area contributed by atoms with Crippen molar-refractivity contribution >= 4 is 5.97 Å². The number of nitrogens with zero attached hydrogens (tertiary/aromatic N) is 1. The Hall–Kier alpha value is -0.610. The van der Waals surface area contributed by atoms with E-state index in [1.807, 2.05) is 0 Å². The topological polar surface area (TPSA) is 66.6 Å². The molecule has 0 bridgehead atoms. The van der Waals surface area contributed by atoms with E-state index in [9.17, 15) is 9.90 Å². The van der Waals surface area contributed by atoms with Crippen molar-refractivity contribution in [1.82, 2.24) is 4.90 Å². The maximum absolute atomic E-state index is 11.3. The molecule has 2 aliphatic rings. The summed E-state index contributed by atoms with van der Waals surface area (Å²) >= 11 is 0. The molecule has 2 unspecified atom stereocenters. The molecule has 0 radical (unpaired) electrons. The predicted molar refractivity (Wildman–Crippen MR) is 71.4 cm³/mol. The van der Waals surface area contributed by atoms with Crippen LogP contribution in [0, 0.1) is 5.92 Å². The zero-order valence-electron chi connectivity index (χ0n) is 11.6. The molecule has 2 rings (SSSR count). The van der Waals surface area contributed by atoms with Crippen LogP contribution in [0.5, 0.6) is 0 Å². The van der Waals surface area contributed by atoms with Gasteiger partial charge in [-0.05, 0) is 58.3 Å². The van der Waals surface area contributed by atoms with Crippen molar-refractivity contribution in [1.29, 1.82) is 0 Å². The van der Waals surface area contributed by atoms with Gasteiger partial charge in [-0.2, -0.15) is 0 Å². The molecule has 0 aromatic carbocycles. The first-order chi connectivity index (χ1) is 8.42. The summed E-state index contributed by atoms with van der Waals surface area (Å²) < 4.78 is 0. The van der Waals surface area contributed by atoms with E-state index in [-0.39, 0.29) is 0 Å². The predicted octanol–water partition coefficient (Wildman–Crippen LogP) is 1.83. The SMILES string of the molecule is CC(C)N(CC1CC1)C1CCCC(N)(C(=O)O)C1. The van der Waals surface area contributed by atoms with Gasteiger partial charge in [-0.25, -0.2) is 0 Å². The first kappa shape index (κ1) is 13.8. The molecule has 0 aromatic rings. The Bertz CT molecular complexity index is 315. The smallest absolute Gasteiger partial charge is 0.323 e. The molecule has 2 aliphatic carbocycles. The van der Waals surface area contributed by atoms with E-state index in [0.29, 0.717) is 24.9 Å². The Morgan fingerprint density at radius 3 is 2.61 bits per heavy atom. The van der Waals surface area contributed by atoms with Crippen molar-refractivity contribution < 1.29 is 9.90 Å². The van der Waals surface area contributed by atoms with Crippen LogP contribution in [0.3, 0.4) is 0 Å². The molecule has 2 fully saturated rings. The van der Waals surface area contributed by atoms with Crippen LogP contribution in [0.4, 0.5) is 0 Å². The number of rotatable bonds is 5. The average molecular weight is 254 g/mol. The number of carbonyl (C=O) groups is 1. The maximum atomic E-state index is 11.3. The van der Waals surface area contributed by atoms with E-state index in [1.54, 1.807) is 0 Å². The normalized spacial score (nSPS) is 33.1. The fourth-order valence-corrected chi connectivity index (χ4v) is 3.14. The lowest BCUT2D eigenvalue weighted by molar-refractivity contribution is -0.145. The van der Waals surface area contributed by atoms with Crippen LogP contribution < -0.4 is 5.73 Å². The molecule has 0 aliphatic heterocycles. The first-order valence-electron chi connectivity index (χ1n) is 7.20. The van der Waals surface area contributed by atoms with E-state index in [4.69, 9.17) is 5.73 Å². The summed E-state index contributed by atoms with van der Waals surface area (Å²) in [6.07, 6.45) is 5.92. The summed E-state index contributed by atoms with van der Waals surface area (Å²) in [5.41, 5.74) is 5.05. The highest BCUT2D eigenvalue weighted by atomic mass is 16.4. The molecule has 2 atom stereocenters. The Morgan fingerprint density at radius 2 is 2.11 bits per heavy atom. The lowest BCUT2D eigenvalue weighted by atomic mass is 9.79. The lowest BCUT2D eigenvalue weighted by Crippen LogP contribution is -2.56. The molecule has 104 valence electrons. The van der Waals surface area contributed by atoms with E-state index >= 15 is 0 Å². The Labute approximate surface area is 110 Å². The third-order valence-electron chi connectivity index (χ3n) is 4.48. The summed E-state index contributed by atoms with van der Waals surface area (Å²) in [6.45, 7) is 5.53. The highest BCUT2D eigenvalue weighted by Crippen LogP contribution is 2.35. The van der Waals surface area contributed by atoms with Gasteiger partial charge >= 0.3 is 5.97 Å². The zero-order valence-corrected chi connectivity index (χ0v) is 11.6. The molecule has 0 heterocycles. The van der Waals surface area contributed by atoms with Crippen molar-refractivity contribution in [2.24, 2.45) is 11.7 Å². The van der Waals surface area contributed by atoms with Gasteiger partial charge in [-0.3, -0.25) is 9.69 Å². The van der Waals surface area contributed by atoms with Crippen molar-refractivity contribution in [3.05, 3.63) is 0 Å². The third kappa shape index (κ3) is 3.04. The molecule has 18 heavy (non-hydrogen) atoms. The molecule has 3 N–H and O–H groups in total. The number of hydrogen-bond acceptors (Lipinski definition) is 3. The number of nitrogens with two attached hydrogens (primary N) is 1. The second kappa shape index (κ2) is 5.17. The number of carboxylic acid groups (broad SMARTS) is 1. The number of carboxylic acids is 1. The van der Waals surface area contributed by atoms with Crippen molar-refractivity contribution in [2.75, 3.05) is 6.54 Å². The minimum Gasteiger partial charge on any atom is -0.480 e. The minimum atomic E-state index is -1.00. The van der Waals surface area contributed by atoms with E-state index in [2.05, 4.69) is 18.7 Å². The van der Waals surface area contributed by atoms with Gasteiger partial charge < -0.3 is 10.8 Å². The molecular weight excluding hydrogens is 228 g/mol. The van der Waals surface area contributed by atoms with Crippen LogP contribution in [-0.4, -0.2) is 40.1 Å². The fraction of sp³-hybridized carbons (Fsp3) is 0.929. The van der Waals surface area contributed by atoms with E-state index in [1.165, 1.54) is 12.8 Å². The van der Waals surface area contributed by atoms with Crippen LogP contribution in [0.15, 0.2) is 0 Å². The zero-order chi connectivity index (χ0) is 13.3. The van der Waals surface area contributed by atoms with Gasteiger partial charge in [0, 0.05) is 18.6 Å². The Kier molecular flexibility index (Phi) is 3.97. The third-order valence-corrected chi connectivity index (χ3v) is 4.48. The first-order valence-corrected chi connectivity index (χ1v) is 7.20. The summed E-state index contributed by atoms with van der Waals surface area (Å²) in [5.74, 6) is 0.00802. The summed E-state index contributed by atoms with van der Waals surface area (Å²) in [7, 11) is 0. The van der Waals surface area contributed by atoms with Gasteiger partial charge in [0.05, 0.1) is 0 Å².